The average molecular weight is 408 g/mol. The second-order valence-corrected chi connectivity index (χ2v) is 7.35. The van der Waals surface area contributed by atoms with Crippen LogP contribution in [0.15, 0.2) is 30.9 Å². The Balaban J connectivity index is 1.95. The number of hydrogen-bond donors (Lipinski definition) is 2. The molecule has 2 amide bonds. The van der Waals surface area contributed by atoms with Crippen LogP contribution in [0.2, 0.25) is 0 Å². The minimum absolute atomic E-state index is 0.147. The molecule has 0 spiro atoms. The standard InChI is InChI=1S/C19H22F2N4O2S/c1-4-6-11(3)18-24-25-19(28-18)23-17(27)15(5-2)22-16(26)9-12-7-13(20)10-14(21)8-12/h4,7-8,10-11,15H,1,5-6,9H2,2-3H3,(H,22,26)(H,23,25,27). The number of nitrogens with one attached hydrogen (secondary N) is 2. The summed E-state index contributed by atoms with van der Waals surface area (Å²) in [4.78, 5) is 24.6. The molecular weight excluding hydrogens is 386 g/mol. The van der Waals surface area contributed by atoms with Crippen LogP contribution in [-0.4, -0.2) is 28.1 Å². The summed E-state index contributed by atoms with van der Waals surface area (Å²) in [5.41, 5.74) is 0.190. The van der Waals surface area contributed by atoms with Crippen LogP contribution in [0.1, 0.15) is 43.2 Å². The quantitative estimate of drug-likeness (QED) is 0.622. The highest BCUT2D eigenvalue weighted by atomic mass is 32.1. The van der Waals surface area contributed by atoms with Gasteiger partial charge in [0.1, 0.15) is 22.7 Å². The largest absolute Gasteiger partial charge is 0.344 e. The number of halogens is 2. The van der Waals surface area contributed by atoms with E-state index in [1.165, 1.54) is 11.3 Å². The fraction of sp³-hybridized carbons (Fsp3) is 0.368. The molecule has 0 radical (unpaired) electrons. The summed E-state index contributed by atoms with van der Waals surface area (Å²) in [6.07, 6.45) is 2.64. The van der Waals surface area contributed by atoms with E-state index in [-0.39, 0.29) is 17.9 Å². The molecule has 0 aliphatic heterocycles. The van der Waals surface area contributed by atoms with Crippen molar-refractivity contribution in [3.8, 4) is 0 Å². The highest BCUT2D eigenvalue weighted by Crippen LogP contribution is 2.25. The molecule has 0 saturated heterocycles. The first-order valence-electron chi connectivity index (χ1n) is 8.81. The van der Waals surface area contributed by atoms with Gasteiger partial charge < -0.3 is 5.32 Å². The Labute approximate surface area is 166 Å². The number of nitrogens with zero attached hydrogens (tertiary/aromatic N) is 2. The monoisotopic (exact) mass is 408 g/mol. The first-order valence-corrected chi connectivity index (χ1v) is 9.63. The number of rotatable bonds is 9. The normalized spacial score (nSPS) is 12.9. The summed E-state index contributed by atoms with van der Waals surface area (Å²) in [5, 5.41) is 14.3. The SMILES string of the molecule is C=CCC(C)c1nnc(NC(=O)C(CC)NC(=O)Cc2cc(F)cc(F)c2)s1. The van der Waals surface area contributed by atoms with Crippen molar-refractivity contribution < 1.29 is 18.4 Å². The van der Waals surface area contributed by atoms with Crippen molar-refractivity contribution in [2.45, 2.75) is 45.1 Å². The lowest BCUT2D eigenvalue weighted by molar-refractivity contribution is -0.126. The van der Waals surface area contributed by atoms with Crippen LogP contribution in [0.5, 0.6) is 0 Å². The van der Waals surface area contributed by atoms with Gasteiger partial charge in [0.2, 0.25) is 16.9 Å². The number of hydrogen-bond acceptors (Lipinski definition) is 5. The predicted molar refractivity (Wildman–Crippen MR) is 104 cm³/mol. The Morgan fingerprint density at radius 3 is 2.54 bits per heavy atom. The first-order chi connectivity index (χ1) is 13.3. The second kappa shape index (κ2) is 10.0. The van der Waals surface area contributed by atoms with Crippen molar-refractivity contribution in [1.29, 1.82) is 0 Å². The van der Waals surface area contributed by atoms with Gasteiger partial charge in [-0.3, -0.25) is 14.9 Å². The third-order valence-corrected chi connectivity index (χ3v) is 5.03. The smallest absolute Gasteiger partial charge is 0.248 e. The number of benzene rings is 1. The number of carbonyl (C=O) groups excluding carboxylic acids is 2. The molecule has 9 heteroatoms. The van der Waals surface area contributed by atoms with E-state index in [0.29, 0.717) is 11.6 Å². The predicted octanol–water partition coefficient (Wildman–Crippen LogP) is 3.57. The molecule has 0 fully saturated rings. The minimum Gasteiger partial charge on any atom is -0.344 e. The van der Waals surface area contributed by atoms with Crippen LogP contribution in [-0.2, 0) is 16.0 Å². The molecule has 1 heterocycles. The molecule has 0 aliphatic rings. The van der Waals surface area contributed by atoms with Crippen molar-refractivity contribution in [1.82, 2.24) is 15.5 Å². The number of allylic oxidation sites excluding steroid dienone is 1. The fourth-order valence-electron chi connectivity index (χ4n) is 2.52. The van der Waals surface area contributed by atoms with E-state index in [9.17, 15) is 18.4 Å². The third kappa shape index (κ3) is 6.19. The van der Waals surface area contributed by atoms with E-state index in [1.807, 2.05) is 6.92 Å². The Morgan fingerprint density at radius 2 is 1.93 bits per heavy atom. The average Bonchev–Trinajstić information content (AvgIpc) is 3.07. The molecule has 1 aromatic carbocycles. The zero-order valence-electron chi connectivity index (χ0n) is 15.7. The molecule has 2 N–H and O–H groups in total. The van der Waals surface area contributed by atoms with Gasteiger partial charge in [-0.1, -0.05) is 31.3 Å². The number of amides is 2. The van der Waals surface area contributed by atoms with Gasteiger partial charge in [0, 0.05) is 12.0 Å². The van der Waals surface area contributed by atoms with E-state index in [1.54, 1.807) is 13.0 Å². The molecule has 28 heavy (non-hydrogen) atoms. The molecule has 1 aromatic heterocycles. The van der Waals surface area contributed by atoms with Crippen LogP contribution in [0.25, 0.3) is 0 Å². The molecule has 2 rings (SSSR count). The van der Waals surface area contributed by atoms with Crippen LogP contribution in [0.3, 0.4) is 0 Å². The lowest BCUT2D eigenvalue weighted by Crippen LogP contribution is -2.44. The van der Waals surface area contributed by atoms with Crippen molar-refractivity contribution in [2.75, 3.05) is 5.32 Å². The molecule has 6 nitrogen and oxygen atoms in total. The van der Waals surface area contributed by atoms with E-state index >= 15 is 0 Å². The molecular formula is C19H22F2N4O2S. The van der Waals surface area contributed by atoms with Crippen molar-refractivity contribution in [3.05, 3.63) is 53.1 Å². The summed E-state index contributed by atoms with van der Waals surface area (Å²) >= 11 is 1.26. The maximum atomic E-state index is 13.2. The molecule has 0 saturated carbocycles. The Bertz CT molecular complexity index is 836. The van der Waals surface area contributed by atoms with Crippen LogP contribution < -0.4 is 10.6 Å². The molecule has 0 bridgehead atoms. The maximum absolute atomic E-state index is 13.2. The molecule has 2 unspecified atom stereocenters. The summed E-state index contributed by atoms with van der Waals surface area (Å²) < 4.78 is 26.5. The zero-order chi connectivity index (χ0) is 20.7. The van der Waals surface area contributed by atoms with E-state index in [2.05, 4.69) is 27.4 Å². The van der Waals surface area contributed by atoms with Gasteiger partial charge in [0.05, 0.1) is 6.42 Å². The Morgan fingerprint density at radius 1 is 1.25 bits per heavy atom. The molecule has 2 atom stereocenters. The van der Waals surface area contributed by atoms with E-state index in [4.69, 9.17) is 0 Å². The molecule has 150 valence electrons. The van der Waals surface area contributed by atoms with Gasteiger partial charge in [0.25, 0.3) is 0 Å². The van der Waals surface area contributed by atoms with Gasteiger partial charge in [-0.25, -0.2) is 8.78 Å². The van der Waals surface area contributed by atoms with Crippen molar-refractivity contribution in [2.24, 2.45) is 0 Å². The third-order valence-electron chi connectivity index (χ3n) is 3.96. The fourth-order valence-corrected chi connectivity index (χ4v) is 3.33. The van der Waals surface area contributed by atoms with Gasteiger partial charge in [0.15, 0.2) is 0 Å². The van der Waals surface area contributed by atoms with Gasteiger partial charge in [-0.05, 0) is 30.5 Å². The summed E-state index contributed by atoms with van der Waals surface area (Å²) in [6.45, 7) is 7.41. The molecule has 2 aromatic rings. The molecule has 0 aliphatic carbocycles. The lowest BCUT2D eigenvalue weighted by atomic mass is 10.1. The summed E-state index contributed by atoms with van der Waals surface area (Å²) in [7, 11) is 0. The van der Waals surface area contributed by atoms with E-state index < -0.39 is 29.5 Å². The van der Waals surface area contributed by atoms with Gasteiger partial charge >= 0.3 is 0 Å². The maximum Gasteiger partial charge on any atom is 0.248 e. The lowest BCUT2D eigenvalue weighted by Gasteiger charge is -2.15. The van der Waals surface area contributed by atoms with Crippen molar-refractivity contribution >= 4 is 28.3 Å². The van der Waals surface area contributed by atoms with Crippen LogP contribution >= 0.6 is 11.3 Å². The highest BCUT2D eigenvalue weighted by Gasteiger charge is 2.21. The Hall–Kier alpha value is -2.68. The Kier molecular flexibility index (Phi) is 7.74. The van der Waals surface area contributed by atoms with Crippen molar-refractivity contribution in [3.63, 3.8) is 0 Å². The number of anilines is 1. The van der Waals surface area contributed by atoms with Crippen LogP contribution in [0, 0.1) is 11.6 Å². The number of aromatic nitrogens is 2. The summed E-state index contributed by atoms with van der Waals surface area (Å²) in [5.74, 6) is -2.31. The first kappa shape index (κ1) is 21.6. The minimum atomic E-state index is -0.802. The van der Waals surface area contributed by atoms with Gasteiger partial charge in [-0.2, -0.15) is 0 Å². The summed E-state index contributed by atoms with van der Waals surface area (Å²) in [6, 6.07) is 2.09. The second-order valence-electron chi connectivity index (χ2n) is 6.34. The van der Waals surface area contributed by atoms with E-state index in [0.717, 1.165) is 29.6 Å². The topological polar surface area (TPSA) is 84.0 Å². The number of carbonyl (C=O) groups is 2. The zero-order valence-corrected chi connectivity index (χ0v) is 16.5. The van der Waals surface area contributed by atoms with Gasteiger partial charge in [-0.15, -0.1) is 16.8 Å². The highest BCUT2D eigenvalue weighted by molar-refractivity contribution is 7.15. The van der Waals surface area contributed by atoms with Crippen LogP contribution in [0.4, 0.5) is 13.9 Å².